The van der Waals surface area contributed by atoms with Gasteiger partial charge in [-0.05, 0) is 48.2 Å². The average molecular weight is 625 g/mol. The first kappa shape index (κ1) is 34.5. The summed E-state index contributed by atoms with van der Waals surface area (Å²) in [5.74, 6) is -2.59. The van der Waals surface area contributed by atoms with E-state index in [1.54, 1.807) is 0 Å². The van der Waals surface area contributed by atoms with Gasteiger partial charge in [0, 0.05) is 39.0 Å². The summed E-state index contributed by atoms with van der Waals surface area (Å²) < 4.78 is 30.1. The number of hydrogen-bond acceptors (Lipinski definition) is 12. The Balaban J connectivity index is 1.90. The molecule has 0 spiro atoms. The zero-order valence-corrected chi connectivity index (χ0v) is 26.6. The highest BCUT2D eigenvalue weighted by Crippen LogP contribution is 2.61. The highest BCUT2D eigenvalue weighted by Gasteiger charge is 2.61. The second-order valence-corrected chi connectivity index (χ2v) is 13.7. The van der Waals surface area contributed by atoms with Crippen LogP contribution < -0.4 is 0 Å². The van der Waals surface area contributed by atoms with Crippen LogP contribution in [-0.4, -0.2) is 100 Å². The van der Waals surface area contributed by atoms with Gasteiger partial charge in [0.15, 0.2) is 6.29 Å². The van der Waals surface area contributed by atoms with E-state index in [2.05, 4.69) is 6.58 Å². The fourth-order valence-corrected chi connectivity index (χ4v) is 8.52. The molecule has 12 atom stereocenters. The van der Waals surface area contributed by atoms with Crippen molar-refractivity contribution in [3.63, 3.8) is 0 Å². The SMILES string of the molecule is C=C1C(OC(C)=O)CCC2(C)CC(OC3OC(CO)C(O)C(O)C3O)C3=C(C)CC(OC(C)=O)C(C(OC(C)=O)C12)C3(C)C. The molecule has 12 unspecified atom stereocenters. The second-order valence-electron chi connectivity index (χ2n) is 13.7. The van der Waals surface area contributed by atoms with Crippen LogP contribution >= 0.6 is 0 Å². The lowest BCUT2D eigenvalue weighted by Crippen LogP contribution is -2.62. The van der Waals surface area contributed by atoms with Crippen LogP contribution in [0.4, 0.5) is 0 Å². The van der Waals surface area contributed by atoms with Gasteiger partial charge in [-0.3, -0.25) is 14.4 Å². The van der Waals surface area contributed by atoms with Crippen molar-refractivity contribution in [2.24, 2.45) is 22.7 Å². The lowest BCUT2D eigenvalue weighted by molar-refractivity contribution is -0.312. The Morgan fingerprint density at radius 2 is 1.55 bits per heavy atom. The number of carbonyl (C=O) groups is 3. The largest absolute Gasteiger partial charge is 0.462 e. The maximum Gasteiger partial charge on any atom is 0.303 e. The van der Waals surface area contributed by atoms with E-state index in [0.29, 0.717) is 31.3 Å². The van der Waals surface area contributed by atoms with E-state index >= 15 is 0 Å². The fourth-order valence-electron chi connectivity index (χ4n) is 8.52. The molecule has 0 aromatic heterocycles. The molecule has 12 nitrogen and oxygen atoms in total. The topological polar surface area (TPSA) is 178 Å². The van der Waals surface area contributed by atoms with Crippen molar-refractivity contribution in [2.45, 2.75) is 129 Å². The van der Waals surface area contributed by atoms with Crippen molar-refractivity contribution in [2.75, 3.05) is 6.61 Å². The molecule has 1 saturated heterocycles. The maximum absolute atomic E-state index is 12.7. The fraction of sp³-hybridized carbons (Fsp3) is 0.781. The minimum absolute atomic E-state index is 0.318. The van der Waals surface area contributed by atoms with Gasteiger partial charge in [0.1, 0.15) is 42.7 Å². The van der Waals surface area contributed by atoms with E-state index in [-0.39, 0.29) is 0 Å². The van der Waals surface area contributed by atoms with Crippen molar-refractivity contribution in [3.05, 3.63) is 23.3 Å². The van der Waals surface area contributed by atoms with Crippen LogP contribution in [0.15, 0.2) is 23.3 Å². The molecule has 3 fully saturated rings. The van der Waals surface area contributed by atoms with E-state index in [9.17, 15) is 34.8 Å². The molecular weight excluding hydrogens is 576 g/mol. The Labute approximate surface area is 258 Å². The summed E-state index contributed by atoms with van der Waals surface area (Å²) >= 11 is 0. The molecule has 2 saturated carbocycles. The van der Waals surface area contributed by atoms with Gasteiger partial charge in [-0.2, -0.15) is 0 Å². The van der Waals surface area contributed by atoms with Crippen molar-refractivity contribution in [1.82, 2.24) is 0 Å². The molecule has 0 radical (unpaired) electrons. The molecule has 4 rings (SSSR count). The van der Waals surface area contributed by atoms with Crippen molar-refractivity contribution in [3.8, 4) is 0 Å². The predicted octanol–water partition coefficient (Wildman–Crippen LogP) is 1.71. The number of aliphatic hydroxyl groups excluding tert-OH is 4. The molecule has 3 aliphatic carbocycles. The molecule has 4 aliphatic rings. The van der Waals surface area contributed by atoms with Gasteiger partial charge in [-0.15, -0.1) is 0 Å². The lowest BCUT2D eigenvalue weighted by Gasteiger charge is -2.59. The Hall–Kier alpha value is -2.35. The average Bonchev–Trinajstić information content (AvgIpc) is 2.88. The second kappa shape index (κ2) is 12.8. The van der Waals surface area contributed by atoms with E-state index in [1.807, 2.05) is 27.7 Å². The zero-order valence-electron chi connectivity index (χ0n) is 26.6. The summed E-state index contributed by atoms with van der Waals surface area (Å²) in [4.78, 5) is 37.1. The van der Waals surface area contributed by atoms with E-state index in [1.165, 1.54) is 20.8 Å². The molecule has 0 aromatic rings. The standard InChI is InChI=1S/C32H48O12/c1-14-11-20(41-17(4)35)25-29(42-18(5)36)24-15(2)19(40-16(3)34)9-10-32(24,8)12-21(23(14)31(25,6)7)43-30-28(39)27(38)26(37)22(13-33)44-30/h19-22,24-30,33,37-39H,2,9-13H2,1,3-8H3. The van der Waals surface area contributed by atoms with Gasteiger partial charge >= 0.3 is 17.9 Å². The van der Waals surface area contributed by atoms with E-state index in [0.717, 1.165) is 11.1 Å². The summed E-state index contributed by atoms with van der Waals surface area (Å²) in [6, 6.07) is 0. The minimum atomic E-state index is -1.62. The van der Waals surface area contributed by atoms with Crippen LogP contribution in [0.25, 0.3) is 0 Å². The zero-order chi connectivity index (χ0) is 32.9. The van der Waals surface area contributed by atoms with Gasteiger partial charge in [-0.25, -0.2) is 0 Å². The Morgan fingerprint density at radius 3 is 2.11 bits per heavy atom. The summed E-state index contributed by atoms with van der Waals surface area (Å²) in [7, 11) is 0. The van der Waals surface area contributed by atoms with E-state index in [4.69, 9.17) is 23.7 Å². The maximum atomic E-state index is 12.7. The molecule has 4 N–H and O–H groups in total. The van der Waals surface area contributed by atoms with Gasteiger partial charge in [-0.1, -0.05) is 32.9 Å². The van der Waals surface area contributed by atoms with E-state index < -0.39 is 102 Å². The molecule has 1 aliphatic heterocycles. The summed E-state index contributed by atoms with van der Waals surface area (Å²) in [5.41, 5.74) is 0.844. The number of carbonyl (C=O) groups excluding carboxylic acids is 3. The Kier molecular flexibility index (Phi) is 10.0. The first-order chi connectivity index (χ1) is 20.4. The van der Waals surface area contributed by atoms with Crippen molar-refractivity contribution < 1.29 is 58.5 Å². The molecule has 1 heterocycles. The molecule has 12 heteroatoms. The van der Waals surface area contributed by atoms with Crippen LogP contribution in [0.3, 0.4) is 0 Å². The third kappa shape index (κ3) is 6.34. The summed E-state index contributed by atoms with van der Waals surface area (Å²) in [5, 5.41) is 41.5. The van der Waals surface area contributed by atoms with Crippen LogP contribution in [0, 0.1) is 22.7 Å². The van der Waals surface area contributed by atoms with Crippen LogP contribution in [0.2, 0.25) is 0 Å². The smallest absolute Gasteiger partial charge is 0.303 e. The highest BCUT2D eigenvalue weighted by molar-refractivity contribution is 5.67. The van der Waals surface area contributed by atoms with Crippen molar-refractivity contribution >= 4 is 17.9 Å². The third-order valence-corrected chi connectivity index (χ3v) is 10.2. The number of fused-ring (bicyclic) bond motifs is 3. The number of rotatable bonds is 6. The first-order valence-corrected chi connectivity index (χ1v) is 15.3. The third-order valence-electron chi connectivity index (χ3n) is 10.2. The normalized spacial score (nSPS) is 42.0. The number of esters is 3. The molecule has 0 amide bonds. The summed E-state index contributed by atoms with van der Waals surface area (Å²) in [6.07, 6.45) is -8.47. The lowest BCUT2D eigenvalue weighted by atomic mass is 9.50. The van der Waals surface area contributed by atoms with Crippen molar-refractivity contribution in [1.29, 1.82) is 0 Å². The Morgan fingerprint density at radius 1 is 0.932 bits per heavy atom. The quantitative estimate of drug-likeness (QED) is 0.191. The minimum Gasteiger partial charge on any atom is -0.462 e. The van der Waals surface area contributed by atoms with Gasteiger partial charge in [0.2, 0.25) is 0 Å². The highest BCUT2D eigenvalue weighted by atomic mass is 16.7. The van der Waals surface area contributed by atoms with Crippen LogP contribution in [0.5, 0.6) is 0 Å². The molecule has 248 valence electrons. The molecular formula is C32H48O12. The van der Waals surface area contributed by atoms with Crippen LogP contribution in [-0.2, 0) is 38.1 Å². The van der Waals surface area contributed by atoms with Gasteiger partial charge < -0.3 is 44.1 Å². The number of ether oxygens (including phenoxy) is 5. The molecule has 2 bridgehead atoms. The summed E-state index contributed by atoms with van der Waals surface area (Å²) in [6.45, 7) is 15.6. The number of aliphatic hydroxyl groups is 4. The monoisotopic (exact) mass is 624 g/mol. The first-order valence-electron chi connectivity index (χ1n) is 15.3. The predicted molar refractivity (Wildman–Crippen MR) is 154 cm³/mol. The Bertz CT molecular complexity index is 1180. The van der Waals surface area contributed by atoms with Gasteiger partial charge in [0.05, 0.1) is 12.7 Å². The number of hydrogen-bond donors (Lipinski definition) is 4. The molecule has 0 aromatic carbocycles. The van der Waals surface area contributed by atoms with Gasteiger partial charge in [0.25, 0.3) is 0 Å². The molecule has 44 heavy (non-hydrogen) atoms. The van der Waals surface area contributed by atoms with Crippen LogP contribution in [0.1, 0.15) is 74.1 Å².